The van der Waals surface area contributed by atoms with Crippen LogP contribution < -0.4 is 5.32 Å². The van der Waals surface area contributed by atoms with Crippen molar-refractivity contribution in [1.82, 2.24) is 10.3 Å². The van der Waals surface area contributed by atoms with E-state index in [-0.39, 0.29) is 18.6 Å². The number of para-hydroxylation sites is 1. The second-order valence-corrected chi connectivity index (χ2v) is 6.90. The zero-order valence-corrected chi connectivity index (χ0v) is 16.1. The fraction of sp³-hybridized carbons (Fsp3) is 0.261. The number of esters is 1. The van der Waals surface area contributed by atoms with Crippen molar-refractivity contribution in [3.8, 4) is 0 Å². The molecule has 0 bridgehead atoms. The van der Waals surface area contributed by atoms with Crippen molar-refractivity contribution in [3.05, 3.63) is 77.5 Å². The van der Waals surface area contributed by atoms with Crippen LogP contribution >= 0.6 is 0 Å². The lowest BCUT2D eigenvalue weighted by atomic mass is 10.1. The molecule has 1 heterocycles. The Morgan fingerprint density at radius 3 is 2.57 bits per heavy atom. The number of nitrogens with one attached hydrogen (secondary N) is 1. The SMILES string of the molecule is Cc1cc(C(=O)OCC(=O)N[C@H](C)CCc2ccccc2)c2ccccc2n1. The molecule has 0 radical (unpaired) electrons. The van der Waals surface area contributed by atoms with Gasteiger partial charge in [-0.15, -0.1) is 0 Å². The summed E-state index contributed by atoms with van der Waals surface area (Å²) in [6, 6.07) is 19.2. The molecular formula is C23H24N2O3. The summed E-state index contributed by atoms with van der Waals surface area (Å²) in [7, 11) is 0. The van der Waals surface area contributed by atoms with E-state index >= 15 is 0 Å². The third-order valence-electron chi connectivity index (χ3n) is 4.51. The van der Waals surface area contributed by atoms with Gasteiger partial charge in [-0.1, -0.05) is 48.5 Å². The van der Waals surface area contributed by atoms with Gasteiger partial charge in [-0.2, -0.15) is 0 Å². The van der Waals surface area contributed by atoms with E-state index in [1.165, 1.54) is 5.56 Å². The number of hydrogen-bond acceptors (Lipinski definition) is 4. The van der Waals surface area contributed by atoms with Crippen molar-refractivity contribution in [2.75, 3.05) is 6.61 Å². The number of nitrogens with zero attached hydrogens (tertiary/aromatic N) is 1. The third-order valence-corrected chi connectivity index (χ3v) is 4.51. The minimum Gasteiger partial charge on any atom is -0.452 e. The van der Waals surface area contributed by atoms with Crippen molar-refractivity contribution in [2.45, 2.75) is 32.7 Å². The minimum atomic E-state index is -0.520. The van der Waals surface area contributed by atoms with Crippen LogP contribution in [0.5, 0.6) is 0 Å². The molecule has 0 aliphatic carbocycles. The molecule has 0 fully saturated rings. The lowest BCUT2D eigenvalue weighted by Gasteiger charge is -2.14. The molecule has 1 atom stereocenters. The molecule has 144 valence electrons. The summed E-state index contributed by atoms with van der Waals surface area (Å²) in [4.78, 5) is 29.0. The summed E-state index contributed by atoms with van der Waals surface area (Å²) in [5.41, 5.74) is 3.11. The van der Waals surface area contributed by atoms with E-state index < -0.39 is 5.97 Å². The monoisotopic (exact) mass is 376 g/mol. The summed E-state index contributed by atoms with van der Waals surface area (Å²) < 4.78 is 5.24. The van der Waals surface area contributed by atoms with E-state index in [1.807, 2.05) is 56.3 Å². The molecule has 0 spiro atoms. The molecule has 0 saturated carbocycles. The predicted molar refractivity (Wildman–Crippen MR) is 109 cm³/mol. The second-order valence-electron chi connectivity index (χ2n) is 6.90. The number of carbonyl (C=O) groups excluding carboxylic acids is 2. The maximum Gasteiger partial charge on any atom is 0.339 e. The topological polar surface area (TPSA) is 68.3 Å². The van der Waals surface area contributed by atoms with Gasteiger partial charge in [-0.3, -0.25) is 9.78 Å². The minimum absolute atomic E-state index is 0.00425. The Kier molecular flexibility index (Phi) is 6.37. The number of amides is 1. The summed E-state index contributed by atoms with van der Waals surface area (Å²) in [5, 5.41) is 3.59. The van der Waals surface area contributed by atoms with Gasteiger partial charge in [-0.25, -0.2) is 4.79 Å². The van der Waals surface area contributed by atoms with Gasteiger partial charge in [0.15, 0.2) is 6.61 Å². The van der Waals surface area contributed by atoms with Crippen LogP contribution in [0.25, 0.3) is 10.9 Å². The molecule has 0 aliphatic heterocycles. The average Bonchev–Trinajstić information content (AvgIpc) is 2.70. The molecule has 5 heteroatoms. The Morgan fingerprint density at radius 2 is 1.79 bits per heavy atom. The fourth-order valence-corrected chi connectivity index (χ4v) is 3.10. The number of pyridine rings is 1. The van der Waals surface area contributed by atoms with E-state index in [0.717, 1.165) is 29.4 Å². The molecule has 1 amide bonds. The number of benzene rings is 2. The Hall–Kier alpha value is -3.21. The number of carbonyl (C=O) groups is 2. The van der Waals surface area contributed by atoms with E-state index in [2.05, 4.69) is 22.4 Å². The van der Waals surface area contributed by atoms with Gasteiger partial charge < -0.3 is 10.1 Å². The van der Waals surface area contributed by atoms with E-state index in [9.17, 15) is 9.59 Å². The fourth-order valence-electron chi connectivity index (χ4n) is 3.10. The molecule has 5 nitrogen and oxygen atoms in total. The normalized spacial score (nSPS) is 11.8. The summed E-state index contributed by atoms with van der Waals surface area (Å²) in [6.07, 6.45) is 1.70. The van der Waals surface area contributed by atoms with Crippen LogP contribution in [0.2, 0.25) is 0 Å². The Labute approximate surface area is 164 Å². The highest BCUT2D eigenvalue weighted by atomic mass is 16.5. The highest BCUT2D eigenvalue weighted by Gasteiger charge is 2.15. The quantitative estimate of drug-likeness (QED) is 0.636. The third kappa shape index (κ3) is 5.16. The molecule has 3 aromatic rings. The van der Waals surface area contributed by atoms with Gasteiger partial charge in [0, 0.05) is 17.1 Å². The van der Waals surface area contributed by atoms with Gasteiger partial charge in [0.2, 0.25) is 0 Å². The standard InChI is InChI=1S/C23H24N2O3/c1-16(12-13-18-8-4-3-5-9-18)25-22(26)15-28-23(27)20-14-17(2)24-21-11-7-6-10-19(20)21/h3-11,14,16H,12-13,15H2,1-2H3,(H,25,26)/t16-/m1/s1. The number of fused-ring (bicyclic) bond motifs is 1. The number of hydrogen-bond donors (Lipinski definition) is 1. The molecule has 2 aromatic carbocycles. The first kappa shape index (κ1) is 19.5. The van der Waals surface area contributed by atoms with Crippen molar-refractivity contribution >= 4 is 22.8 Å². The van der Waals surface area contributed by atoms with Crippen LogP contribution in [0.1, 0.15) is 35.0 Å². The van der Waals surface area contributed by atoms with Crippen LogP contribution in [0.4, 0.5) is 0 Å². The van der Waals surface area contributed by atoms with Crippen molar-refractivity contribution in [2.24, 2.45) is 0 Å². The van der Waals surface area contributed by atoms with Gasteiger partial charge in [0.05, 0.1) is 11.1 Å². The zero-order valence-electron chi connectivity index (χ0n) is 16.1. The maximum absolute atomic E-state index is 12.5. The smallest absolute Gasteiger partial charge is 0.339 e. The first-order chi connectivity index (χ1) is 13.5. The van der Waals surface area contributed by atoms with Crippen molar-refractivity contribution in [3.63, 3.8) is 0 Å². The Morgan fingerprint density at radius 1 is 1.07 bits per heavy atom. The first-order valence-corrected chi connectivity index (χ1v) is 9.40. The van der Waals surface area contributed by atoms with Crippen LogP contribution in [-0.4, -0.2) is 29.5 Å². The average molecular weight is 376 g/mol. The number of aryl methyl sites for hydroxylation is 2. The second kappa shape index (κ2) is 9.13. The molecule has 0 unspecified atom stereocenters. The van der Waals surface area contributed by atoms with Crippen molar-refractivity contribution < 1.29 is 14.3 Å². The van der Waals surface area contributed by atoms with Gasteiger partial charge in [0.25, 0.3) is 5.91 Å². The van der Waals surface area contributed by atoms with Crippen LogP contribution in [-0.2, 0) is 16.0 Å². The maximum atomic E-state index is 12.5. The molecule has 0 saturated heterocycles. The lowest BCUT2D eigenvalue weighted by Crippen LogP contribution is -2.36. The lowest BCUT2D eigenvalue weighted by molar-refractivity contribution is -0.124. The molecule has 3 rings (SSSR count). The molecular weight excluding hydrogens is 352 g/mol. The van der Waals surface area contributed by atoms with Gasteiger partial charge >= 0.3 is 5.97 Å². The zero-order chi connectivity index (χ0) is 19.9. The predicted octanol–water partition coefficient (Wildman–Crippen LogP) is 3.84. The first-order valence-electron chi connectivity index (χ1n) is 9.40. The summed E-state index contributed by atoms with van der Waals surface area (Å²) >= 11 is 0. The summed E-state index contributed by atoms with van der Waals surface area (Å²) in [6.45, 7) is 3.47. The van der Waals surface area contributed by atoms with Crippen LogP contribution in [0.3, 0.4) is 0 Å². The van der Waals surface area contributed by atoms with Crippen LogP contribution in [0.15, 0.2) is 60.7 Å². The van der Waals surface area contributed by atoms with Crippen molar-refractivity contribution in [1.29, 1.82) is 0 Å². The molecule has 1 N–H and O–H groups in total. The highest BCUT2D eigenvalue weighted by molar-refractivity contribution is 6.04. The molecule has 1 aromatic heterocycles. The number of rotatable bonds is 7. The van der Waals surface area contributed by atoms with E-state index in [4.69, 9.17) is 4.74 Å². The van der Waals surface area contributed by atoms with Gasteiger partial charge in [0.1, 0.15) is 0 Å². The molecule has 0 aliphatic rings. The largest absolute Gasteiger partial charge is 0.452 e. The van der Waals surface area contributed by atoms with Crippen LogP contribution in [0, 0.1) is 6.92 Å². The number of ether oxygens (including phenoxy) is 1. The van der Waals surface area contributed by atoms with E-state index in [1.54, 1.807) is 6.07 Å². The summed E-state index contributed by atoms with van der Waals surface area (Å²) in [5.74, 6) is -0.821. The Bertz CT molecular complexity index is 970. The molecule has 28 heavy (non-hydrogen) atoms. The number of aromatic nitrogens is 1. The highest BCUT2D eigenvalue weighted by Crippen LogP contribution is 2.19. The van der Waals surface area contributed by atoms with Gasteiger partial charge in [-0.05, 0) is 44.4 Å². The van der Waals surface area contributed by atoms with E-state index in [0.29, 0.717) is 5.56 Å². The Balaban J connectivity index is 1.52.